The average Bonchev–Trinajstić information content (AvgIpc) is 3.55. The van der Waals surface area contributed by atoms with Crippen molar-refractivity contribution in [3.63, 3.8) is 0 Å². The quantitative estimate of drug-likeness (QED) is 0.265. The molecule has 3 aliphatic carbocycles. The molecule has 16 heteroatoms. The van der Waals surface area contributed by atoms with E-state index in [-0.39, 0.29) is 61.2 Å². The molecule has 3 aromatic rings. The Hall–Kier alpha value is -3.72. The van der Waals surface area contributed by atoms with E-state index in [9.17, 15) is 40.3 Å². The molecular weight excluding hydrogens is 613 g/mol. The van der Waals surface area contributed by atoms with Crippen molar-refractivity contribution in [2.24, 2.45) is 23.5 Å². The lowest BCUT2D eigenvalue weighted by atomic mass is 9.75. The molecule has 3 heterocycles. The third-order valence-corrected chi connectivity index (χ3v) is 9.01. The van der Waals surface area contributed by atoms with Crippen LogP contribution in [0.15, 0.2) is 23.0 Å². The highest BCUT2D eigenvalue weighted by Gasteiger charge is 2.47. The van der Waals surface area contributed by atoms with Crippen LogP contribution in [0.3, 0.4) is 0 Å². The van der Waals surface area contributed by atoms with E-state index >= 15 is 0 Å². The van der Waals surface area contributed by atoms with E-state index in [0.717, 1.165) is 12.8 Å². The van der Waals surface area contributed by atoms with E-state index in [4.69, 9.17) is 10.3 Å². The number of hydrogen-bond acceptors (Lipinski definition) is 6. The van der Waals surface area contributed by atoms with Crippen molar-refractivity contribution in [2.45, 2.75) is 94.2 Å². The van der Waals surface area contributed by atoms with Gasteiger partial charge < -0.3 is 15.6 Å². The summed E-state index contributed by atoms with van der Waals surface area (Å²) >= 11 is 0. The van der Waals surface area contributed by atoms with Crippen LogP contribution in [0.25, 0.3) is 5.78 Å². The average molecular weight is 645 g/mol. The minimum absolute atomic E-state index is 0.0264. The molecule has 2 atom stereocenters. The topological polar surface area (TPSA) is 128 Å². The van der Waals surface area contributed by atoms with Crippen molar-refractivity contribution in [3.8, 4) is 0 Å². The Bertz CT molecular complexity index is 1580. The second-order valence-corrected chi connectivity index (χ2v) is 12.6. The summed E-state index contributed by atoms with van der Waals surface area (Å²) in [6.07, 6.45) is -3.32. The molecule has 3 N–H and O–H groups in total. The maximum atomic E-state index is 14.1. The molecule has 45 heavy (non-hydrogen) atoms. The van der Waals surface area contributed by atoms with Crippen LogP contribution in [0.5, 0.6) is 0 Å². The van der Waals surface area contributed by atoms with Gasteiger partial charge in [0.2, 0.25) is 23.5 Å². The maximum Gasteiger partial charge on any atom is 0.393 e. The summed E-state index contributed by atoms with van der Waals surface area (Å²) in [6.45, 7) is 0. The standard InChI is InChI=1S/C29H31F7N6O3/c30-27(31)6-3-15(4-7-27)21(24-17(12-29(34,35)36)23(25(37)44)41-45-24)19-13-42-8-5-18(38-26(42)39-19)22(16-1-2-16)40-20(43)9-14-10-28(32,33)11-14/h5,8,13-16,21-22H,1-4,6-7,9-12H2,(H2,37,44)(H,40,43)/t21-,22+/m0/s1. The maximum absolute atomic E-state index is 14.1. The number of aromatic nitrogens is 4. The number of rotatable bonds is 10. The van der Waals surface area contributed by atoms with Crippen LogP contribution in [-0.4, -0.2) is 49.4 Å². The normalized spacial score (nSPS) is 21.8. The number of fused-ring (bicyclic) bond motifs is 1. The number of nitrogens with one attached hydrogen (secondary N) is 1. The molecule has 3 aliphatic rings. The third kappa shape index (κ3) is 6.93. The highest BCUT2D eigenvalue weighted by atomic mass is 19.4. The molecular formula is C29H31F7N6O3. The Kier molecular flexibility index (Phi) is 7.83. The SMILES string of the molecule is NC(=O)c1noc([C@H](c2cn3ccc([C@H](NC(=O)CC4CC(F)(F)C4)C4CC4)nc3n2)C2CCC(F)(F)CC2)c1CC(F)(F)F. The number of hydrogen-bond donors (Lipinski definition) is 2. The van der Waals surface area contributed by atoms with E-state index < -0.39 is 78.2 Å². The number of carbonyl (C=O) groups excluding carboxylic acids is 2. The van der Waals surface area contributed by atoms with Gasteiger partial charge in [-0.25, -0.2) is 27.5 Å². The van der Waals surface area contributed by atoms with Crippen LogP contribution in [0, 0.1) is 17.8 Å². The number of nitrogens with zero attached hydrogens (tertiary/aromatic N) is 4. The van der Waals surface area contributed by atoms with Gasteiger partial charge in [-0.2, -0.15) is 13.2 Å². The zero-order valence-electron chi connectivity index (χ0n) is 23.9. The van der Waals surface area contributed by atoms with Crippen LogP contribution in [0.4, 0.5) is 30.7 Å². The van der Waals surface area contributed by atoms with E-state index in [1.165, 1.54) is 10.6 Å². The fourth-order valence-corrected chi connectivity index (χ4v) is 6.63. The molecule has 0 spiro atoms. The summed E-state index contributed by atoms with van der Waals surface area (Å²) in [4.78, 5) is 33.8. The second kappa shape index (κ2) is 11.3. The molecule has 6 rings (SSSR count). The highest BCUT2D eigenvalue weighted by Crippen LogP contribution is 2.47. The number of carbonyl (C=O) groups is 2. The summed E-state index contributed by atoms with van der Waals surface area (Å²) in [5.74, 6) is -9.41. The molecule has 0 radical (unpaired) electrons. The van der Waals surface area contributed by atoms with Crippen molar-refractivity contribution in [3.05, 3.63) is 46.9 Å². The van der Waals surface area contributed by atoms with Crippen molar-refractivity contribution < 1.29 is 44.8 Å². The Morgan fingerprint density at radius 1 is 1.02 bits per heavy atom. The van der Waals surface area contributed by atoms with Gasteiger partial charge in [-0.3, -0.25) is 14.0 Å². The first kappa shape index (κ1) is 31.3. The van der Waals surface area contributed by atoms with E-state index in [0.29, 0.717) is 5.69 Å². The van der Waals surface area contributed by atoms with Crippen molar-refractivity contribution in [1.82, 2.24) is 24.8 Å². The van der Waals surface area contributed by atoms with Gasteiger partial charge in [0, 0.05) is 50.1 Å². The largest absolute Gasteiger partial charge is 0.393 e. The zero-order valence-corrected chi connectivity index (χ0v) is 23.9. The molecule has 3 fully saturated rings. The van der Waals surface area contributed by atoms with Crippen LogP contribution in [0.2, 0.25) is 0 Å². The Morgan fingerprint density at radius 3 is 2.29 bits per heavy atom. The number of halogens is 7. The van der Waals surface area contributed by atoms with Gasteiger partial charge in [-0.05, 0) is 49.5 Å². The van der Waals surface area contributed by atoms with E-state index in [2.05, 4.69) is 20.4 Å². The van der Waals surface area contributed by atoms with Crippen LogP contribution < -0.4 is 11.1 Å². The number of alkyl halides is 7. The number of nitrogens with two attached hydrogens (primary N) is 1. The molecule has 0 aliphatic heterocycles. The Morgan fingerprint density at radius 2 is 1.69 bits per heavy atom. The van der Waals surface area contributed by atoms with Gasteiger partial charge in [0.1, 0.15) is 5.76 Å². The predicted molar refractivity (Wildman–Crippen MR) is 142 cm³/mol. The lowest BCUT2D eigenvalue weighted by molar-refractivity contribution is -0.134. The summed E-state index contributed by atoms with van der Waals surface area (Å²) in [6, 6.07) is 1.16. The lowest BCUT2D eigenvalue weighted by Crippen LogP contribution is -2.39. The van der Waals surface area contributed by atoms with Gasteiger partial charge in [-0.1, -0.05) is 5.16 Å². The lowest BCUT2D eigenvalue weighted by Gasteiger charge is -2.34. The van der Waals surface area contributed by atoms with Gasteiger partial charge in [0.05, 0.1) is 29.8 Å². The van der Waals surface area contributed by atoms with Crippen molar-refractivity contribution >= 4 is 17.6 Å². The van der Waals surface area contributed by atoms with E-state index in [1.807, 2.05) is 0 Å². The van der Waals surface area contributed by atoms with Crippen molar-refractivity contribution in [1.29, 1.82) is 0 Å². The summed E-state index contributed by atoms with van der Waals surface area (Å²) in [5.41, 5.74) is 4.70. The highest BCUT2D eigenvalue weighted by molar-refractivity contribution is 5.92. The van der Waals surface area contributed by atoms with Crippen molar-refractivity contribution in [2.75, 3.05) is 0 Å². The molecule has 2 amide bonds. The first-order valence-electron chi connectivity index (χ1n) is 14.8. The van der Waals surface area contributed by atoms with Crippen LogP contribution >= 0.6 is 0 Å². The zero-order chi connectivity index (χ0) is 32.3. The van der Waals surface area contributed by atoms with Gasteiger partial charge in [-0.15, -0.1) is 0 Å². The monoisotopic (exact) mass is 644 g/mol. The van der Waals surface area contributed by atoms with Crippen LogP contribution in [0.1, 0.15) is 103 Å². The summed E-state index contributed by atoms with van der Waals surface area (Å²) in [7, 11) is 0. The molecule has 0 aromatic carbocycles. The molecule has 244 valence electrons. The molecule has 0 unspecified atom stereocenters. The summed E-state index contributed by atoms with van der Waals surface area (Å²) in [5, 5.41) is 6.44. The third-order valence-electron chi connectivity index (χ3n) is 9.01. The number of imidazole rings is 1. The van der Waals surface area contributed by atoms with Gasteiger partial charge in [0.15, 0.2) is 5.69 Å². The molecule has 3 saturated carbocycles. The van der Waals surface area contributed by atoms with E-state index in [1.54, 1.807) is 12.3 Å². The fourth-order valence-electron chi connectivity index (χ4n) is 6.63. The number of amides is 2. The fraction of sp³-hybridized carbons (Fsp3) is 0.621. The minimum atomic E-state index is -4.76. The van der Waals surface area contributed by atoms with Gasteiger partial charge >= 0.3 is 6.18 Å². The Balaban J connectivity index is 1.32. The first-order valence-corrected chi connectivity index (χ1v) is 14.8. The molecule has 9 nitrogen and oxygen atoms in total. The smallest absolute Gasteiger partial charge is 0.364 e. The van der Waals surface area contributed by atoms with Gasteiger partial charge in [0.25, 0.3) is 5.91 Å². The number of primary amides is 1. The first-order chi connectivity index (χ1) is 21.1. The van der Waals surface area contributed by atoms with Crippen LogP contribution in [-0.2, 0) is 11.2 Å². The summed E-state index contributed by atoms with van der Waals surface area (Å²) < 4.78 is 102. The molecule has 0 saturated heterocycles. The Labute approximate surface area is 252 Å². The minimum Gasteiger partial charge on any atom is -0.364 e. The second-order valence-electron chi connectivity index (χ2n) is 12.6. The molecule has 3 aromatic heterocycles. The predicted octanol–water partition coefficient (Wildman–Crippen LogP) is 5.88. The molecule has 0 bridgehead atoms.